The van der Waals surface area contributed by atoms with Gasteiger partial charge in [0.05, 0.1) is 0 Å². The Morgan fingerprint density at radius 1 is 1.38 bits per heavy atom. The number of rotatable bonds is 1. The summed E-state index contributed by atoms with van der Waals surface area (Å²) < 4.78 is 13.0. The van der Waals surface area contributed by atoms with E-state index in [-0.39, 0.29) is 5.82 Å². The molecule has 3 nitrogen and oxygen atoms in total. The van der Waals surface area contributed by atoms with Crippen molar-refractivity contribution >= 4 is 23.0 Å². The molecule has 2 N–H and O–H groups in total. The number of anilines is 1. The van der Waals surface area contributed by atoms with Crippen LogP contribution < -0.4 is 10.6 Å². The highest BCUT2D eigenvalue weighted by Gasteiger charge is 2.12. The van der Waals surface area contributed by atoms with Crippen LogP contribution in [0.1, 0.15) is 0 Å². The molecule has 0 aliphatic carbocycles. The maximum atomic E-state index is 13.0. The Morgan fingerprint density at radius 2 is 2.12 bits per heavy atom. The van der Waals surface area contributed by atoms with Crippen molar-refractivity contribution in [2.75, 3.05) is 31.5 Å². The molecule has 0 amide bonds. The number of thiocarbonyl (C=S) groups is 1. The standard InChI is InChI=1S/C11H14FN3S/c12-9-2-1-3-10(8-9)14-11(16)15-6-4-13-5-7-15/h1-3,8,13H,4-7H2,(H,14,16). The van der Waals surface area contributed by atoms with Crippen LogP contribution in [0.2, 0.25) is 0 Å². The van der Waals surface area contributed by atoms with Crippen LogP contribution in [-0.4, -0.2) is 36.2 Å². The van der Waals surface area contributed by atoms with Gasteiger partial charge >= 0.3 is 0 Å². The summed E-state index contributed by atoms with van der Waals surface area (Å²) in [5.41, 5.74) is 0.698. The third-order valence-electron chi connectivity index (χ3n) is 2.48. The minimum atomic E-state index is -0.256. The number of hydrogen-bond donors (Lipinski definition) is 2. The molecular formula is C11H14FN3S. The van der Waals surface area contributed by atoms with Crippen molar-refractivity contribution in [1.82, 2.24) is 10.2 Å². The van der Waals surface area contributed by atoms with Crippen LogP contribution in [0.3, 0.4) is 0 Å². The van der Waals surface area contributed by atoms with E-state index < -0.39 is 0 Å². The van der Waals surface area contributed by atoms with Crippen LogP contribution in [0.4, 0.5) is 10.1 Å². The van der Waals surface area contributed by atoms with Crippen molar-refractivity contribution in [2.45, 2.75) is 0 Å². The molecule has 1 saturated heterocycles. The van der Waals surface area contributed by atoms with E-state index in [4.69, 9.17) is 12.2 Å². The molecule has 0 saturated carbocycles. The van der Waals surface area contributed by atoms with Crippen LogP contribution >= 0.6 is 12.2 Å². The second-order valence-corrected chi connectivity index (χ2v) is 4.06. The Hall–Kier alpha value is -1.20. The van der Waals surface area contributed by atoms with Crippen LogP contribution in [0.15, 0.2) is 24.3 Å². The number of nitrogens with one attached hydrogen (secondary N) is 2. The third kappa shape index (κ3) is 2.90. The van der Waals surface area contributed by atoms with Gasteiger partial charge < -0.3 is 15.5 Å². The fourth-order valence-electron chi connectivity index (χ4n) is 1.64. The lowest BCUT2D eigenvalue weighted by atomic mass is 10.3. The predicted octanol–water partition coefficient (Wildman–Crippen LogP) is 1.43. The highest BCUT2D eigenvalue weighted by molar-refractivity contribution is 7.80. The van der Waals surface area contributed by atoms with Crippen molar-refractivity contribution in [3.63, 3.8) is 0 Å². The Morgan fingerprint density at radius 3 is 2.81 bits per heavy atom. The van der Waals surface area contributed by atoms with E-state index in [0.717, 1.165) is 26.2 Å². The summed E-state index contributed by atoms with van der Waals surface area (Å²) >= 11 is 5.26. The Labute approximate surface area is 99.6 Å². The molecule has 5 heteroatoms. The number of piperazine rings is 1. The van der Waals surface area contributed by atoms with Gasteiger partial charge in [0.15, 0.2) is 5.11 Å². The number of halogens is 1. The fraction of sp³-hybridized carbons (Fsp3) is 0.364. The summed E-state index contributed by atoms with van der Waals surface area (Å²) in [7, 11) is 0. The second-order valence-electron chi connectivity index (χ2n) is 3.68. The lowest BCUT2D eigenvalue weighted by Gasteiger charge is -2.29. The van der Waals surface area contributed by atoms with Crippen molar-refractivity contribution in [3.05, 3.63) is 30.1 Å². The molecule has 1 fully saturated rings. The van der Waals surface area contributed by atoms with Crippen molar-refractivity contribution in [2.24, 2.45) is 0 Å². The number of nitrogens with zero attached hydrogens (tertiary/aromatic N) is 1. The fourth-order valence-corrected chi connectivity index (χ4v) is 1.94. The SMILES string of the molecule is Fc1cccc(NC(=S)N2CCNCC2)c1. The molecule has 0 spiro atoms. The van der Waals surface area contributed by atoms with Gasteiger partial charge in [0.1, 0.15) is 5.82 Å². The zero-order valence-corrected chi connectivity index (χ0v) is 9.69. The first kappa shape index (κ1) is 11.3. The van der Waals surface area contributed by atoms with Crippen LogP contribution in [0.25, 0.3) is 0 Å². The Balaban J connectivity index is 1.96. The first-order valence-corrected chi connectivity index (χ1v) is 5.69. The smallest absolute Gasteiger partial charge is 0.173 e. The molecule has 1 aliphatic heterocycles. The number of benzene rings is 1. The van der Waals surface area contributed by atoms with E-state index in [2.05, 4.69) is 15.5 Å². The normalized spacial score (nSPS) is 15.9. The molecule has 0 atom stereocenters. The topological polar surface area (TPSA) is 27.3 Å². The minimum absolute atomic E-state index is 0.256. The zero-order valence-electron chi connectivity index (χ0n) is 8.87. The molecule has 1 aromatic carbocycles. The third-order valence-corrected chi connectivity index (χ3v) is 2.84. The van der Waals surface area contributed by atoms with E-state index >= 15 is 0 Å². The van der Waals surface area contributed by atoms with Crippen LogP contribution in [-0.2, 0) is 0 Å². The molecule has 2 rings (SSSR count). The van der Waals surface area contributed by atoms with E-state index in [1.54, 1.807) is 12.1 Å². The van der Waals surface area contributed by atoms with Gasteiger partial charge in [-0.05, 0) is 30.4 Å². The predicted molar refractivity (Wildman–Crippen MR) is 67.1 cm³/mol. The van der Waals surface area contributed by atoms with Crippen molar-refractivity contribution in [1.29, 1.82) is 0 Å². The average molecular weight is 239 g/mol. The largest absolute Gasteiger partial charge is 0.346 e. The summed E-state index contributed by atoms with van der Waals surface area (Å²) in [6.07, 6.45) is 0. The van der Waals surface area contributed by atoms with Crippen molar-refractivity contribution in [3.8, 4) is 0 Å². The maximum absolute atomic E-state index is 13.0. The first-order valence-electron chi connectivity index (χ1n) is 5.28. The molecule has 86 valence electrons. The molecular weight excluding hydrogens is 225 g/mol. The molecule has 0 bridgehead atoms. The van der Waals surface area contributed by atoms with Gasteiger partial charge in [-0.2, -0.15) is 0 Å². The van der Waals surface area contributed by atoms with Gasteiger partial charge in [-0.3, -0.25) is 0 Å². The van der Waals surface area contributed by atoms with E-state index in [9.17, 15) is 4.39 Å². The Kier molecular flexibility index (Phi) is 3.69. The molecule has 0 aromatic heterocycles. The summed E-state index contributed by atoms with van der Waals surface area (Å²) in [5.74, 6) is -0.256. The van der Waals surface area contributed by atoms with Gasteiger partial charge in [-0.1, -0.05) is 6.07 Å². The lowest BCUT2D eigenvalue weighted by molar-refractivity contribution is 0.362. The first-order chi connectivity index (χ1) is 7.75. The zero-order chi connectivity index (χ0) is 11.4. The second kappa shape index (κ2) is 5.23. The van der Waals surface area contributed by atoms with E-state index in [1.165, 1.54) is 12.1 Å². The molecule has 1 heterocycles. The minimum Gasteiger partial charge on any atom is -0.346 e. The molecule has 0 unspecified atom stereocenters. The van der Waals surface area contributed by atoms with Crippen molar-refractivity contribution < 1.29 is 4.39 Å². The quantitative estimate of drug-likeness (QED) is 0.725. The highest BCUT2D eigenvalue weighted by Crippen LogP contribution is 2.10. The van der Waals surface area contributed by atoms with E-state index in [1.807, 2.05) is 0 Å². The highest BCUT2D eigenvalue weighted by atomic mass is 32.1. The molecule has 16 heavy (non-hydrogen) atoms. The Bertz CT molecular complexity index is 377. The summed E-state index contributed by atoms with van der Waals surface area (Å²) in [6, 6.07) is 6.32. The summed E-state index contributed by atoms with van der Waals surface area (Å²) in [4.78, 5) is 2.08. The van der Waals surface area contributed by atoms with Crippen LogP contribution in [0, 0.1) is 5.82 Å². The van der Waals surface area contributed by atoms with Gasteiger partial charge in [0, 0.05) is 31.9 Å². The summed E-state index contributed by atoms with van der Waals surface area (Å²) in [5, 5.41) is 6.95. The molecule has 0 radical (unpaired) electrons. The molecule has 1 aliphatic rings. The van der Waals surface area contributed by atoms with Gasteiger partial charge in [0.2, 0.25) is 0 Å². The van der Waals surface area contributed by atoms with Crippen LogP contribution in [0.5, 0.6) is 0 Å². The van der Waals surface area contributed by atoms with Gasteiger partial charge in [-0.25, -0.2) is 4.39 Å². The van der Waals surface area contributed by atoms with Gasteiger partial charge in [0.25, 0.3) is 0 Å². The monoisotopic (exact) mass is 239 g/mol. The van der Waals surface area contributed by atoms with E-state index in [0.29, 0.717) is 10.8 Å². The maximum Gasteiger partial charge on any atom is 0.173 e. The lowest BCUT2D eigenvalue weighted by Crippen LogP contribution is -2.47. The number of hydrogen-bond acceptors (Lipinski definition) is 2. The van der Waals surface area contributed by atoms with Gasteiger partial charge in [-0.15, -0.1) is 0 Å². The summed E-state index contributed by atoms with van der Waals surface area (Å²) in [6.45, 7) is 3.65. The average Bonchev–Trinajstić information content (AvgIpc) is 2.30. The molecule has 1 aromatic rings.